The predicted molar refractivity (Wildman–Crippen MR) is 191 cm³/mol. The van der Waals surface area contributed by atoms with Crippen LogP contribution >= 0.6 is 45.8 Å². The van der Waals surface area contributed by atoms with Crippen LogP contribution in [0.1, 0.15) is 47.9 Å². The van der Waals surface area contributed by atoms with E-state index < -0.39 is 5.60 Å². The molecule has 8 nitrogen and oxygen atoms in total. The molecule has 0 aliphatic carbocycles. The zero-order valence-corrected chi connectivity index (χ0v) is 29.2. The van der Waals surface area contributed by atoms with Gasteiger partial charge in [-0.3, -0.25) is 9.59 Å². The molecular weight excluding hydrogens is 740 g/mol. The first-order chi connectivity index (χ1) is 21.8. The van der Waals surface area contributed by atoms with Gasteiger partial charge in [0.15, 0.2) is 0 Å². The van der Waals surface area contributed by atoms with Gasteiger partial charge in [-0.2, -0.15) is 0 Å². The maximum Gasteiger partial charge on any atom is 0.410 e. The summed E-state index contributed by atoms with van der Waals surface area (Å²) in [4.78, 5) is 37.9. The Labute approximate surface area is 292 Å². The number of nitrogens with one attached hydrogen (secondary N) is 2. The average molecular weight is 774 g/mol. The molecule has 1 atom stereocenters. The zero-order valence-electron chi connectivity index (χ0n) is 25.6. The Morgan fingerprint density at radius 3 is 1.65 bits per heavy atom. The van der Waals surface area contributed by atoms with E-state index in [4.69, 9.17) is 32.7 Å². The van der Waals surface area contributed by atoms with Crippen LogP contribution in [-0.2, 0) is 4.74 Å². The van der Waals surface area contributed by atoms with Gasteiger partial charge in [0, 0.05) is 49.1 Å². The molecule has 1 saturated heterocycles. The number of likely N-dealkylation sites (tertiary alicyclic amines) is 1. The third kappa shape index (κ3) is 11.2. The molecule has 240 valence electrons. The number of hydrogen-bond acceptors (Lipinski definition) is 5. The normalized spacial score (nSPS) is 14.0. The van der Waals surface area contributed by atoms with Crippen LogP contribution in [0.5, 0.6) is 5.75 Å². The molecule has 0 aromatic heterocycles. The second-order valence-electron chi connectivity index (χ2n) is 11.4. The van der Waals surface area contributed by atoms with Crippen molar-refractivity contribution in [3.05, 3.63) is 122 Å². The van der Waals surface area contributed by atoms with Gasteiger partial charge in [-0.1, -0.05) is 23.2 Å². The summed E-state index contributed by atoms with van der Waals surface area (Å²) in [6.45, 7) is 6.64. The van der Waals surface area contributed by atoms with Gasteiger partial charge in [-0.25, -0.2) is 4.79 Å². The highest BCUT2D eigenvalue weighted by Crippen LogP contribution is 2.23. The molecule has 1 fully saturated rings. The molecule has 0 bridgehead atoms. The molecule has 4 aromatic rings. The number of amides is 3. The number of ether oxygens (including phenoxy) is 2. The lowest BCUT2D eigenvalue weighted by molar-refractivity contribution is 0.0275. The predicted octanol–water partition coefficient (Wildman–Crippen LogP) is 9.18. The van der Waals surface area contributed by atoms with E-state index in [-0.39, 0.29) is 24.0 Å². The number of rotatable bonds is 6. The summed E-state index contributed by atoms with van der Waals surface area (Å²) < 4.78 is 12.5. The zero-order chi connectivity index (χ0) is 33.3. The Balaban J connectivity index is 0.000000240. The van der Waals surface area contributed by atoms with E-state index >= 15 is 0 Å². The Kier molecular flexibility index (Phi) is 12.3. The largest absolute Gasteiger partial charge is 0.489 e. The summed E-state index contributed by atoms with van der Waals surface area (Å²) in [7, 11) is 0. The number of benzene rings is 4. The van der Waals surface area contributed by atoms with Crippen molar-refractivity contribution in [2.24, 2.45) is 0 Å². The highest BCUT2D eigenvalue weighted by Gasteiger charge is 2.30. The van der Waals surface area contributed by atoms with Gasteiger partial charge < -0.3 is 25.0 Å². The Bertz CT molecular complexity index is 1630. The van der Waals surface area contributed by atoms with E-state index in [2.05, 4.69) is 33.2 Å². The topological polar surface area (TPSA) is 97.0 Å². The summed E-state index contributed by atoms with van der Waals surface area (Å²) in [6.07, 6.45) is 0.342. The van der Waals surface area contributed by atoms with Crippen LogP contribution in [0.3, 0.4) is 0 Å². The molecule has 1 heterocycles. The lowest BCUT2D eigenvalue weighted by atomic mass is 10.2. The van der Waals surface area contributed by atoms with Gasteiger partial charge in [0.25, 0.3) is 11.8 Å². The molecule has 0 saturated carbocycles. The van der Waals surface area contributed by atoms with E-state index in [1.165, 1.54) is 0 Å². The van der Waals surface area contributed by atoms with Crippen LogP contribution in [0, 0.1) is 3.57 Å². The minimum Gasteiger partial charge on any atom is -0.489 e. The number of anilines is 2. The van der Waals surface area contributed by atoms with Crippen LogP contribution in [0.4, 0.5) is 16.2 Å². The molecule has 1 aliphatic rings. The van der Waals surface area contributed by atoms with Crippen molar-refractivity contribution >= 4 is 75.1 Å². The maximum atomic E-state index is 12.3. The summed E-state index contributed by atoms with van der Waals surface area (Å²) in [6, 6.07) is 28.3. The quantitative estimate of drug-likeness (QED) is 0.191. The van der Waals surface area contributed by atoms with E-state index in [1.807, 2.05) is 45.0 Å². The standard InChI is InChI=1S/C22H25ClN2O4.C13H9ClINO/c1-22(2,3)29-21(27)25-13-12-19(14-25)28-18-10-8-17(9-11-18)24-20(26)15-4-6-16(23)7-5-15;14-10-3-1-9(2-4-10)13(17)16-12-7-5-11(15)6-8-12/h4-11,19H,12-14H2,1-3H3,(H,24,26);1-8H,(H,16,17). The first-order valence-electron chi connectivity index (χ1n) is 14.5. The molecular formula is C35H34Cl2IN3O5. The fourth-order valence-corrected chi connectivity index (χ4v) is 4.88. The van der Waals surface area contributed by atoms with Gasteiger partial charge >= 0.3 is 6.09 Å². The third-order valence-electron chi connectivity index (χ3n) is 6.53. The van der Waals surface area contributed by atoms with Crippen LogP contribution in [0.2, 0.25) is 10.0 Å². The lowest BCUT2D eigenvalue weighted by Gasteiger charge is -2.24. The van der Waals surface area contributed by atoms with E-state index in [1.54, 1.807) is 77.7 Å². The monoisotopic (exact) mass is 773 g/mol. The first kappa shape index (κ1) is 35.1. The third-order valence-corrected chi connectivity index (χ3v) is 7.75. The van der Waals surface area contributed by atoms with Crippen molar-refractivity contribution in [1.82, 2.24) is 4.90 Å². The minimum absolute atomic E-state index is 0.0861. The van der Waals surface area contributed by atoms with Crippen molar-refractivity contribution in [2.75, 3.05) is 23.7 Å². The minimum atomic E-state index is -0.512. The van der Waals surface area contributed by atoms with Crippen LogP contribution < -0.4 is 15.4 Å². The molecule has 1 aliphatic heterocycles. The van der Waals surface area contributed by atoms with Gasteiger partial charge in [0.1, 0.15) is 17.5 Å². The number of carbonyl (C=O) groups excluding carboxylic acids is 3. The highest BCUT2D eigenvalue weighted by atomic mass is 127. The van der Waals surface area contributed by atoms with Gasteiger partial charge in [-0.15, -0.1) is 0 Å². The summed E-state index contributed by atoms with van der Waals surface area (Å²) in [5.41, 5.74) is 2.06. The second-order valence-corrected chi connectivity index (χ2v) is 13.5. The number of carbonyl (C=O) groups is 3. The number of hydrogen-bond donors (Lipinski definition) is 2. The van der Waals surface area contributed by atoms with Gasteiger partial charge in [0.05, 0.1) is 6.54 Å². The molecule has 0 radical (unpaired) electrons. The van der Waals surface area contributed by atoms with Crippen LogP contribution in [-0.4, -0.2) is 47.6 Å². The fourth-order valence-electron chi connectivity index (χ4n) is 4.27. The molecule has 4 aromatic carbocycles. The fraction of sp³-hybridized carbons (Fsp3) is 0.229. The Hall–Kier alpha value is -3.80. The van der Waals surface area contributed by atoms with Crippen molar-refractivity contribution < 1.29 is 23.9 Å². The smallest absolute Gasteiger partial charge is 0.410 e. The Morgan fingerprint density at radius 2 is 1.20 bits per heavy atom. The molecule has 46 heavy (non-hydrogen) atoms. The van der Waals surface area contributed by atoms with Crippen molar-refractivity contribution in [3.8, 4) is 5.75 Å². The van der Waals surface area contributed by atoms with Crippen molar-refractivity contribution in [2.45, 2.75) is 38.9 Å². The van der Waals surface area contributed by atoms with E-state index in [0.717, 1.165) is 15.7 Å². The van der Waals surface area contributed by atoms with E-state index in [9.17, 15) is 14.4 Å². The number of halogens is 3. The maximum absolute atomic E-state index is 12.3. The first-order valence-corrected chi connectivity index (χ1v) is 16.3. The summed E-state index contributed by atoms with van der Waals surface area (Å²) in [5.74, 6) is 0.340. The van der Waals surface area contributed by atoms with Crippen molar-refractivity contribution in [1.29, 1.82) is 0 Å². The molecule has 1 unspecified atom stereocenters. The van der Waals surface area contributed by atoms with E-state index in [0.29, 0.717) is 45.7 Å². The molecule has 0 spiro atoms. The Morgan fingerprint density at radius 1 is 0.739 bits per heavy atom. The van der Waals surface area contributed by atoms with Gasteiger partial charge in [-0.05, 0) is 140 Å². The molecule has 5 rings (SSSR count). The number of nitrogens with zero attached hydrogens (tertiary/aromatic N) is 1. The average Bonchev–Trinajstić information content (AvgIpc) is 3.48. The lowest BCUT2D eigenvalue weighted by Crippen LogP contribution is -2.36. The van der Waals surface area contributed by atoms with Crippen LogP contribution in [0.15, 0.2) is 97.1 Å². The summed E-state index contributed by atoms with van der Waals surface area (Å²) >= 11 is 13.8. The second kappa shape index (κ2) is 16.2. The molecule has 3 amide bonds. The molecule has 2 N–H and O–H groups in total. The van der Waals surface area contributed by atoms with Gasteiger partial charge in [0.2, 0.25) is 0 Å². The SMILES string of the molecule is CC(C)(C)OC(=O)N1CCC(Oc2ccc(NC(=O)c3ccc(Cl)cc3)cc2)C1.O=C(Nc1ccc(I)cc1)c1ccc(Cl)cc1. The molecule has 11 heteroatoms. The van der Waals surface area contributed by atoms with Crippen molar-refractivity contribution in [3.63, 3.8) is 0 Å². The van der Waals surface area contributed by atoms with Crippen LogP contribution in [0.25, 0.3) is 0 Å². The summed E-state index contributed by atoms with van der Waals surface area (Å²) in [5, 5.41) is 6.86. The highest BCUT2D eigenvalue weighted by molar-refractivity contribution is 14.1.